The summed E-state index contributed by atoms with van der Waals surface area (Å²) >= 11 is 12.2. The van der Waals surface area contributed by atoms with Crippen molar-refractivity contribution in [2.45, 2.75) is 57.7 Å². The SMILES string of the molecule is COc1ccc(N(CC(=O)N(Cc2ccc(Cl)c(Cl)c2)[C@@H](C)C(=O)NC2CCCCC2)S(C)(=O)=O)cc1. The first-order chi connectivity index (χ1) is 17.5. The lowest BCUT2D eigenvalue weighted by atomic mass is 9.95. The predicted octanol–water partition coefficient (Wildman–Crippen LogP) is 4.63. The van der Waals surface area contributed by atoms with E-state index in [4.69, 9.17) is 27.9 Å². The molecule has 2 aromatic carbocycles. The largest absolute Gasteiger partial charge is 0.497 e. The van der Waals surface area contributed by atoms with Gasteiger partial charge in [0.25, 0.3) is 0 Å². The summed E-state index contributed by atoms with van der Waals surface area (Å²) in [5.41, 5.74) is 0.973. The van der Waals surface area contributed by atoms with Crippen LogP contribution in [0.2, 0.25) is 10.0 Å². The van der Waals surface area contributed by atoms with Crippen molar-refractivity contribution in [3.63, 3.8) is 0 Å². The molecule has 0 aliphatic heterocycles. The fraction of sp³-hybridized carbons (Fsp3) is 0.462. The molecule has 1 saturated carbocycles. The average molecular weight is 571 g/mol. The molecular formula is C26H33Cl2N3O5S. The second kappa shape index (κ2) is 12.8. The van der Waals surface area contributed by atoms with E-state index in [0.29, 0.717) is 27.0 Å². The summed E-state index contributed by atoms with van der Waals surface area (Å²) in [6.07, 6.45) is 6.09. The third kappa shape index (κ3) is 7.99. The Bertz CT molecular complexity index is 1200. The molecule has 0 radical (unpaired) electrons. The molecule has 0 bridgehead atoms. The van der Waals surface area contributed by atoms with Gasteiger partial charge in [-0.05, 0) is 61.7 Å². The van der Waals surface area contributed by atoms with E-state index in [0.717, 1.165) is 42.7 Å². The molecule has 1 N–H and O–H groups in total. The lowest BCUT2D eigenvalue weighted by molar-refractivity contribution is -0.139. The molecule has 0 saturated heterocycles. The molecule has 1 aliphatic rings. The zero-order valence-corrected chi connectivity index (χ0v) is 23.6. The topological polar surface area (TPSA) is 96.0 Å². The van der Waals surface area contributed by atoms with Gasteiger partial charge in [0, 0.05) is 12.6 Å². The highest BCUT2D eigenvalue weighted by molar-refractivity contribution is 7.92. The van der Waals surface area contributed by atoms with Crippen LogP contribution in [-0.4, -0.2) is 57.1 Å². The maximum atomic E-state index is 13.6. The minimum atomic E-state index is -3.81. The number of nitrogens with one attached hydrogen (secondary N) is 1. The van der Waals surface area contributed by atoms with Gasteiger partial charge >= 0.3 is 0 Å². The summed E-state index contributed by atoms with van der Waals surface area (Å²) in [6, 6.07) is 10.6. The van der Waals surface area contributed by atoms with E-state index in [1.165, 1.54) is 12.0 Å². The number of benzene rings is 2. The van der Waals surface area contributed by atoms with Gasteiger partial charge in [-0.1, -0.05) is 48.5 Å². The Kier molecular flexibility index (Phi) is 10.1. The van der Waals surface area contributed by atoms with Crippen LogP contribution in [0.5, 0.6) is 5.75 Å². The molecule has 0 spiro atoms. The van der Waals surface area contributed by atoms with Crippen LogP contribution in [0.25, 0.3) is 0 Å². The fourth-order valence-electron chi connectivity index (χ4n) is 4.35. The van der Waals surface area contributed by atoms with Crippen molar-refractivity contribution in [1.29, 1.82) is 0 Å². The van der Waals surface area contributed by atoms with Crippen LogP contribution >= 0.6 is 23.2 Å². The van der Waals surface area contributed by atoms with Gasteiger partial charge in [-0.2, -0.15) is 0 Å². The molecule has 1 atom stereocenters. The molecule has 0 unspecified atom stereocenters. The van der Waals surface area contributed by atoms with Crippen LogP contribution in [0.1, 0.15) is 44.6 Å². The van der Waals surface area contributed by atoms with Gasteiger partial charge in [0.1, 0.15) is 18.3 Å². The van der Waals surface area contributed by atoms with E-state index in [-0.39, 0.29) is 18.5 Å². The van der Waals surface area contributed by atoms with E-state index >= 15 is 0 Å². The van der Waals surface area contributed by atoms with Crippen molar-refractivity contribution < 1.29 is 22.7 Å². The Morgan fingerprint density at radius 1 is 1.05 bits per heavy atom. The van der Waals surface area contributed by atoms with Gasteiger partial charge in [0.05, 0.1) is 29.1 Å². The molecule has 3 rings (SSSR count). The zero-order chi connectivity index (χ0) is 27.2. The summed E-state index contributed by atoms with van der Waals surface area (Å²) in [6.45, 7) is 1.22. The smallest absolute Gasteiger partial charge is 0.244 e. The van der Waals surface area contributed by atoms with Crippen molar-refractivity contribution in [3.05, 3.63) is 58.1 Å². The maximum absolute atomic E-state index is 13.6. The van der Waals surface area contributed by atoms with Gasteiger partial charge < -0.3 is 15.0 Å². The van der Waals surface area contributed by atoms with Crippen molar-refractivity contribution in [2.75, 3.05) is 24.2 Å². The standard InChI is InChI=1S/C26H33Cl2N3O5S/c1-18(26(33)29-20-7-5-4-6-8-20)30(16-19-9-14-23(27)24(28)15-19)25(32)17-31(37(3,34)35)21-10-12-22(36-2)13-11-21/h9-15,18,20H,4-8,16-17H2,1-3H3,(H,29,33)/t18-/m0/s1. The Labute approximate surface area is 228 Å². The molecule has 0 heterocycles. The predicted molar refractivity (Wildman–Crippen MR) is 147 cm³/mol. The second-order valence-corrected chi connectivity index (χ2v) is 12.0. The van der Waals surface area contributed by atoms with Crippen LogP contribution in [0.4, 0.5) is 5.69 Å². The highest BCUT2D eigenvalue weighted by atomic mass is 35.5. The fourth-order valence-corrected chi connectivity index (χ4v) is 5.52. The van der Waals surface area contributed by atoms with Crippen molar-refractivity contribution in [3.8, 4) is 5.75 Å². The maximum Gasteiger partial charge on any atom is 0.244 e. The third-order valence-corrected chi connectivity index (χ3v) is 8.37. The van der Waals surface area contributed by atoms with Crippen molar-refractivity contribution in [2.24, 2.45) is 0 Å². The minimum absolute atomic E-state index is 0.0508. The lowest BCUT2D eigenvalue weighted by Gasteiger charge is -2.33. The van der Waals surface area contributed by atoms with E-state index in [9.17, 15) is 18.0 Å². The average Bonchev–Trinajstić information content (AvgIpc) is 2.87. The minimum Gasteiger partial charge on any atom is -0.497 e. The number of carbonyl (C=O) groups excluding carboxylic acids is 2. The van der Waals surface area contributed by atoms with E-state index in [2.05, 4.69) is 5.32 Å². The molecule has 8 nitrogen and oxygen atoms in total. The van der Waals surface area contributed by atoms with Crippen LogP contribution in [0.15, 0.2) is 42.5 Å². The van der Waals surface area contributed by atoms with Gasteiger partial charge in [-0.15, -0.1) is 0 Å². The summed E-state index contributed by atoms with van der Waals surface area (Å²) < 4.78 is 31.5. The Morgan fingerprint density at radius 3 is 2.27 bits per heavy atom. The first-order valence-corrected chi connectivity index (χ1v) is 14.8. The Balaban J connectivity index is 1.88. The van der Waals surface area contributed by atoms with Gasteiger partial charge in [-0.3, -0.25) is 13.9 Å². The van der Waals surface area contributed by atoms with Crippen molar-refractivity contribution in [1.82, 2.24) is 10.2 Å². The highest BCUT2D eigenvalue weighted by Crippen LogP contribution is 2.25. The number of hydrogen-bond donors (Lipinski definition) is 1. The lowest BCUT2D eigenvalue weighted by Crippen LogP contribution is -2.52. The van der Waals surface area contributed by atoms with Crippen LogP contribution in [-0.2, 0) is 26.2 Å². The number of rotatable bonds is 10. The number of nitrogens with zero attached hydrogens (tertiary/aromatic N) is 2. The first kappa shape index (κ1) is 29.1. The molecule has 37 heavy (non-hydrogen) atoms. The summed E-state index contributed by atoms with van der Waals surface area (Å²) in [7, 11) is -2.31. The molecule has 2 aromatic rings. The molecule has 2 amide bonds. The number of sulfonamides is 1. The summed E-state index contributed by atoms with van der Waals surface area (Å²) in [4.78, 5) is 28.2. The number of halogens is 2. The molecule has 1 fully saturated rings. The molecule has 202 valence electrons. The molecular weight excluding hydrogens is 537 g/mol. The quantitative estimate of drug-likeness (QED) is 0.449. The third-order valence-electron chi connectivity index (χ3n) is 6.50. The molecule has 0 aromatic heterocycles. The zero-order valence-electron chi connectivity index (χ0n) is 21.2. The number of anilines is 1. The molecule has 1 aliphatic carbocycles. The van der Waals surface area contributed by atoms with Crippen molar-refractivity contribution >= 4 is 50.7 Å². The number of ether oxygens (including phenoxy) is 1. The van der Waals surface area contributed by atoms with Gasteiger partial charge in [-0.25, -0.2) is 8.42 Å². The number of methoxy groups -OCH3 is 1. The highest BCUT2D eigenvalue weighted by Gasteiger charge is 2.31. The summed E-state index contributed by atoms with van der Waals surface area (Å²) in [5.74, 6) is -0.257. The number of carbonyl (C=O) groups is 2. The first-order valence-electron chi connectivity index (χ1n) is 12.1. The van der Waals surface area contributed by atoms with Crippen LogP contribution in [0, 0.1) is 0 Å². The number of hydrogen-bond acceptors (Lipinski definition) is 5. The Hall–Kier alpha value is -2.49. The monoisotopic (exact) mass is 569 g/mol. The van der Waals surface area contributed by atoms with Gasteiger partial charge in [0.15, 0.2) is 0 Å². The summed E-state index contributed by atoms with van der Waals surface area (Å²) in [5, 5.41) is 3.75. The second-order valence-electron chi connectivity index (χ2n) is 9.26. The van der Waals surface area contributed by atoms with E-state index < -0.39 is 28.5 Å². The van der Waals surface area contributed by atoms with E-state index in [1.807, 2.05) is 0 Å². The molecule has 11 heteroatoms. The van der Waals surface area contributed by atoms with Gasteiger partial charge in [0.2, 0.25) is 21.8 Å². The Morgan fingerprint density at radius 2 is 1.70 bits per heavy atom. The normalized spacial score (nSPS) is 15.1. The van der Waals surface area contributed by atoms with E-state index in [1.54, 1.807) is 49.4 Å². The van der Waals surface area contributed by atoms with Crippen LogP contribution < -0.4 is 14.4 Å². The van der Waals surface area contributed by atoms with Crippen LogP contribution in [0.3, 0.4) is 0 Å². The number of amides is 2.